The lowest BCUT2D eigenvalue weighted by Gasteiger charge is -2.00. The van der Waals surface area contributed by atoms with E-state index < -0.39 is 0 Å². The Hall–Kier alpha value is -1.19. The van der Waals surface area contributed by atoms with Crippen LogP contribution in [-0.4, -0.2) is 11.2 Å². The fourth-order valence-corrected chi connectivity index (χ4v) is 1.80. The van der Waals surface area contributed by atoms with Gasteiger partial charge in [-0.25, -0.2) is 0 Å². The van der Waals surface area contributed by atoms with E-state index in [2.05, 4.69) is 6.92 Å². The molecule has 0 N–H and O–H groups in total. The predicted molar refractivity (Wildman–Crippen MR) is 73.0 cm³/mol. The van der Waals surface area contributed by atoms with E-state index in [1.807, 2.05) is 0 Å². The molecular formula is C14H25NO3. The molecule has 0 aromatic carbocycles. The molecule has 0 heterocycles. The Morgan fingerprint density at radius 1 is 1.06 bits per heavy atom. The summed E-state index contributed by atoms with van der Waals surface area (Å²) in [5.74, 6) is 0. The highest BCUT2D eigenvalue weighted by Crippen LogP contribution is 2.13. The molecule has 0 saturated carbocycles. The number of carbonyl (C=O) groups excluding carboxylic acids is 1. The normalized spacial score (nSPS) is 11.5. The number of aldehydes is 1. The van der Waals surface area contributed by atoms with E-state index in [0.717, 1.165) is 57.7 Å². The van der Waals surface area contributed by atoms with E-state index in [0.29, 0.717) is 18.5 Å². The van der Waals surface area contributed by atoms with Crippen molar-refractivity contribution in [3.05, 3.63) is 21.9 Å². The van der Waals surface area contributed by atoms with Crippen molar-refractivity contribution in [3.63, 3.8) is 0 Å². The Kier molecular flexibility index (Phi) is 11.5. The van der Waals surface area contributed by atoms with Crippen LogP contribution in [0.4, 0.5) is 0 Å². The van der Waals surface area contributed by atoms with Gasteiger partial charge in [0.25, 0.3) is 0 Å². The summed E-state index contributed by atoms with van der Waals surface area (Å²) in [6.45, 7) is 2.08. The van der Waals surface area contributed by atoms with E-state index in [1.54, 1.807) is 6.08 Å². The fraction of sp³-hybridized carbons (Fsp3) is 0.786. The standard InChI is InChI=1S/C14H25NO3/c1-2-3-8-11-14(15(17)18)12-9-6-4-5-7-10-13-16/h11,13H,2-10,12H2,1H3/b14-11-. The second-order valence-electron chi connectivity index (χ2n) is 4.57. The maximum absolute atomic E-state index is 10.8. The third kappa shape index (κ3) is 10.00. The molecule has 0 saturated heterocycles. The van der Waals surface area contributed by atoms with E-state index >= 15 is 0 Å². The molecule has 0 rings (SSSR count). The molecule has 0 radical (unpaired) electrons. The molecule has 0 aromatic heterocycles. The van der Waals surface area contributed by atoms with Crippen molar-refractivity contribution in [3.8, 4) is 0 Å². The van der Waals surface area contributed by atoms with Crippen molar-refractivity contribution in [1.82, 2.24) is 0 Å². The molecule has 104 valence electrons. The average molecular weight is 255 g/mol. The lowest BCUT2D eigenvalue weighted by atomic mass is 10.1. The maximum atomic E-state index is 10.8. The van der Waals surface area contributed by atoms with E-state index in [9.17, 15) is 14.9 Å². The quantitative estimate of drug-likeness (QED) is 0.226. The second kappa shape index (κ2) is 12.3. The Labute approximate surface area is 110 Å². The van der Waals surface area contributed by atoms with Crippen LogP contribution in [0.3, 0.4) is 0 Å². The average Bonchev–Trinajstić information content (AvgIpc) is 2.35. The SMILES string of the molecule is CCCC/C=C(/CCCCCCCC=O)[N+](=O)[O-]. The first-order chi connectivity index (χ1) is 8.72. The lowest BCUT2D eigenvalue weighted by Crippen LogP contribution is -1.99. The third-order valence-electron chi connectivity index (χ3n) is 2.93. The van der Waals surface area contributed by atoms with Crippen LogP contribution in [0.5, 0.6) is 0 Å². The molecule has 4 heteroatoms. The van der Waals surface area contributed by atoms with E-state index in [4.69, 9.17) is 0 Å². The third-order valence-corrected chi connectivity index (χ3v) is 2.93. The first-order valence-electron chi connectivity index (χ1n) is 6.99. The summed E-state index contributed by atoms with van der Waals surface area (Å²) in [6.07, 6.45) is 11.8. The molecular weight excluding hydrogens is 230 g/mol. The van der Waals surface area contributed by atoms with Gasteiger partial charge in [0.15, 0.2) is 0 Å². The summed E-state index contributed by atoms with van der Waals surface area (Å²) in [7, 11) is 0. The van der Waals surface area contributed by atoms with Crippen LogP contribution in [0.15, 0.2) is 11.8 Å². The number of unbranched alkanes of at least 4 members (excludes halogenated alkanes) is 7. The summed E-state index contributed by atoms with van der Waals surface area (Å²) in [6, 6.07) is 0. The number of allylic oxidation sites excluding steroid dienone is 2. The minimum Gasteiger partial charge on any atom is -0.303 e. The van der Waals surface area contributed by atoms with Gasteiger partial charge in [-0.05, 0) is 31.8 Å². The van der Waals surface area contributed by atoms with Crippen LogP contribution >= 0.6 is 0 Å². The molecule has 0 amide bonds. The predicted octanol–water partition coefficient (Wildman–Crippen LogP) is 4.27. The van der Waals surface area contributed by atoms with Gasteiger partial charge >= 0.3 is 0 Å². The molecule has 0 aromatic rings. The smallest absolute Gasteiger partial charge is 0.242 e. The number of nitrogens with zero attached hydrogens (tertiary/aromatic N) is 1. The zero-order valence-corrected chi connectivity index (χ0v) is 11.4. The first-order valence-corrected chi connectivity index (χ1v) is 6.99. The highest BCUT2D eigenvalue weighted by Gasteiger charge is 2.08. The summed E-state index contributed by atoms with van der Waals surface area (Å²) >= 11 is 0. The Balaban J connectivity index is 3.67. The number of hydrogen-bond acceptors (Lipinski definition) is 3. The molecule has 18 heavy (non-hydrogen) atoms. The largest absolute Gasteiger partial charge is 0.303 e. The van der Waals surface area contributed by atoms with Crippen LogP contribution in [0.2, 0.25) is 0 Å². The fourth-order valence-electron chi connectivity index (χ4n) is 1.80. The first kappa shape index (κ1) is 16.8. The van der Waals surface area contributed by atoms with Gasteiger partial charge in [0.1, 0.15) is 6.29 Å². The van der Waals surface area contributed by atoms with Gasteiger partial charge in [-0.2, -0.15) is 0 Å². The molecule has 0 aliphatic carbocycles. The van der Waals surface area contributed by atoms with Crippen LogP contribution in [-0.2, 0) is 4.79 Å². The molecule has 0 aliphatic rings. The van der Waals surface area contributed by atoms with Gasteiger partial charge in [0.2, 0.25) is 5.70 Å². The molecule has 0 fully saturated rings. The van der Waals surface area contributed by atoms with Crippen molar-refractivity contribution in [2.24, 2.45) is 0 Å². The van der Waals surface area contributed by atoms with Crippen LogP contribution in [0.25, 0.3) is 0 Å². The summed E-state index contributed by atoms with van der Waals surface area (Å²) in [5.41, 5.74) is 0.372. The van der Waals surface area contributed by atoms with Gasteiger partial charge in [0, 0.05) is 12.8 Å². The molecule has 0 unspecified atom stereocenters. The van der Waals surface area contributed by atoms with Crippen molar-refractivity contribution in [1.29, 1.82) is 0 Å². The van der Waals surface area contributed by atoms with Crippen molar-refractivity contribution in [2.75, 3.05) is 0 Å². The Bertz CT molecular complexity index is 262. The van der Waals surface area contributed by atoms with Gasteiger partial charge in [-0.3, -0.25) is 10.1 Å². The van der Waals surface area contributed by atoms with Crippen LogP contribution < -0.4 is 0 Å². The molecule has 0 bridgehead atoms. The lowest BCUT2D eigenvalue weighted by molar-refractivity contribution is -0.428. The van der Waals surface area contributed by atoms with Crippen molar-refractivity contribution >= 4 is 6.29 Å². The number of nitro groups is 1. The maximum Gasteiger partial charge on any atom is 0.242 e. The number of hydrogen-bond donors (Lipinski definition) is 0. The topological polar surface area (TPSA) is 60.2 Å². The highest BCUT2D eigenvalue weighted by molar-refractivity contribution is 5.48. The monoisotopic (exact) mass is 255 g/mol. The highest BCUT2D eigenvalue weighted by atomic mass is 16.6. The molecule has 0 atom stereocenters. The minimum atomic E-state index is -0.248. The van der Waals surface area contributed by atoms with Gasteiger partial charge < -0.3 is 4.79 Å². The molecule has 0 spiro atoms. The minimum absolute atomic E-state index is 0.248. The van der Waals surface area contributed by atoms with Gasteiger partial charge in [-0.15, -0.1) is 0 Å². The summed E-state index contributed by atoms with van der Waals surface area (Å²) < 4.78 is 0. The zero-order chi connectivity index (χ0) is 13.6. The van der Waals surface area contributed by atoms with Crippen LogP contribution in [0.1, 0.15) is 71.1 Å². The number of rotatable bonds is 12. The molecule has 0 aliphatic heterocycles. The Morgan fingerprint density at radius 2 is 1.72 bits per heavy atom. The van der Waals surface area contributed by atoms with E-state index in [-0.39, 0.29) is 4.92 Å². The van der Waals surface area contributed by atoms with Gasteiger partial charge in [-0.1, -0.05) is 32.6 Å². The summed E-state index contributed by atoms with van der Waals surface area (Å²) in [4.78, 5) is 20.6. The number of carbonyl (C=O) groups is 1. The Morgan fingerprint density at radius 3 is 2.33 bits per heavy atom. The van der Waals surface area contributed by atoms with E-state index in [1.165, 1.54) is 0 Å². The van der Waals surface area contributed by atoms with Crippen molar-refractivity contribution in [2.45, 2.75) is 71.1 Å². The zero-order valence-electron chi connectivity index (χ0n) is 11.4. The second-order valence-corrected chi connectivity index (χ2v) is 4.57. The van der Waals surface area contributed by atoms with Crippen molar-refractivity contribution < 1.29 is 9.72 Å². The van der Waals surface area contributed by atoms with Gasteiger partial charge in [0.05, 0.1) is 4.92 Å². The summed E-state index contributed by atoms with van der Waals surface area (Å²) in [5, 5.41) is 10.8. The van der Waals surface area contributed by atoms with Crippen LogP contribution in [0, 0.1) is 10.1 Å². The molecule has 4 nitrogen and oxygen atoms in total.